The Bertz CT molecular complexity index is 347. The summed E-state index contributed by atoms with van der Waals surface area (Å²) < 4.78 is 0. The average Bonchev–Trinajstić information content (AvgIpc) is 2.27. The van der Waals surface area contributed by atoms with Gasteiger partial charge in [-0.3, -0.25) is 0 Å². The molecule has 1 rings (SSSR count). The van der Waals surface area contributed by atoms with Crippen molar-refractivity contribution >= 4 is 0 Å². The van der Waals surface area contributed by atoms with E-state index in [1.807, 2.05) is 6.92 Å². The van der Waals surface area contributed by atoms with Gasteiger partial charge in [0.25, 0.3) is 0 Å². The van der Waals surface area contributed by atoms with Gasteiger partial charge < -0.3 is 20.4 Å². The van der Waals surface area contributed by atoms with Gasteiger partial charge in [-0.15, -0.1) is 0 Å². The monoisotopic (exact) mass is 252 g/mol. The van der Waals surface area contributed by atoms with Gasteiger partial charge in [-0.25, -0.2) is 0 Å². The molecule has 1 aromatic carbocycles. The Labute approximate surface area is 109 Å². The number of aromatic hydroxyl groups is 2. The van der Waals surface area contributed by atoms with Crippen LogP contribution in [0.1, 0.15) is 31.4 Å². The van der Waals surface area contributed by atoms with E-state index in [1.165, 1.54) is 0 Å². The van der Waals surface area contributed by atoms with Crippen LogP contribution in [0, 0.1) is 0 Å². The lowest BCUT2D eigenvalue weighted by atomic mass is 10.1. The van der Waals surface area contributed by atoms with E-state index < -0.39 is 0 Å². The number of rotatable bonds is 7. The number of hydrogen-bond acceptors (Lipinski definition) is 4. The minimum Gasteiger partial charge on any atom is -0.507 e. The molecule has 0 aliphatic rings. The Morgan fingerprint density at radius 1 is 1.17 bits per heavy atom. The fourth-order valence-corrected chi connectivity index (χ4v) is 1.96. The molecule has 0 saturated heterocycles. The SMILES string of the molecule is CC(NCCCCN(C)C)c1c(O)cccc1O. The molecule has 0 saturated carbocycles. The Kier molecular flexibility index (Phi) is 5.95. The number of nitrogens with zero attached hydrogens (tertiary/aromatic N) is 1. The second kappa shape index (κ2) is 7.24. The summed E-state index contributed by atoms with van der Waals surface area (Å²) in [6.07, 6.45) is 2.22. The molecule has 0 spiro atoms. The zero-order valence-corrected chi connectivity index (χ0v) is 11.5. The summed E-state index contributed by atoms with van der Waals surface area (Å²) in [6.45, 7) is 3.90. The van der Waals surface area contributed by atoms with Crippen LogP contribution in [0.4, 0.5) is 0 Å². The van der Waals surface area contributed by atoms with Gasteiger partial charge in [0.1, 0.15) is 11.5 Å². The Morgan fingerprint density at radius 2 is 1.78 bits per heavy atom. The second-order valence-electron chi connectivity index (χ2n) is 4.90. The summed E-state index contributed by atoms with van der Waals surface area (Å²) in [5.41, 5.74) is 0.574. The summed E-state index contributed by atoms with van der Waals surface area (Å²) in [6, 6.07) is 4.78. The number of nitrogens with one attached hydrogen (secondary N) is 1. The van der Waals surface area contributed by atoms with E-state index in [9.17, 15) is 10.2 Å². The van der Waals surface area contributed by atoms with Crippen molar-refractivity contribution in [3.8, 4) is 11.5 Å². The maximum Gasteiger partial charge on any atom is 0.124 e. The number of benzene rings is 1. The third-order valence-corrected chi connectivity index (χ3v) is 2.98. The van der Waals surface area contributed by atoms with Crippen LogP contribution < -0.4 is 5.32 Å². The largest absolute Gasteiger partial charge is 0.507 e. The van der Waals surface area contributed by atoms with Gasteiger partial charge in [0, 0.05) is 6.04 Å². The van der Waals surface area contributed by atoms with Gasteiger partial charge in [-0.05, 0) is 59.1 Å². The number of phenols is 2. The van der Waals surface area contributed by atoms with Crippen LogP contribution >= 0.6 is 0 Å². The zero-order chi connectivity index (χ0) is 13.5. The maximum atomic E-state index is 9.73. The minimum absolute atomic E-state index is 0.0504. The predicted octanol–water partition coefficient (Wildman–Crippen LogP) is 2.09. The molecule has 0 aromatic heterocycles. The molecule has 0 amide bonds. The number of unbranched alkanes of at least 4 members (excludes halogenated alkanes) is 1. The standard InChI is InChI=1S/C14H24N2O2/c1-11(15-9-4-5-10-16(2)3)14-12(17)7-6-8-13(14)18/h6-8,11,15,17-18H,4-5,9-10H2,1-3H3. The van der Waals surface area contributed by atoms with Crippen LogP contribution in [0.25, 0.3) is 0 Å². The molecule has 0 fully saturated rings. The normalized spacial score (nSPS) is 12.9. The molecular formula is C14H24N2O2. The van der Waals surface area contributed by atoms with Gasteiger partial charge in [0.15, 0.2) is 0 Å². The van der Waals surface area contributed by atoms with E-state index in [0.29, 0.717) is 5.56 Å². The molecule has 0 radical (unpaired) electrons. The summed E-state index contributed by atoms with van der Waals surface area (Å²) in [5.74, 6) is 0.284. The molecule has 102 valence electrons. The van der Waals surface area contributed by atoms with Gasteiger partial charge >= 0.3 is 0 Å². The van der Waals surface area contributed by atoms with E-state index in [0.717, 1.165) is 25.9 Å². The Morgan fingerprint density at radius 3 is 2.33 bits per heavy atom. The van der Waals surface area contributed by atoms with Crippen LogP contribution in [0.3, 0.4) is 0 Å². The van der Waals surface area contributed by atoms with Crippen molar-refractivity contribution in [3.63, 3.8) is 0 Å². The molecule has 1 atom stereocenters. The Balaban J connectivity index is 2.39. The zero-order valence-electron chi connectivity index (χ0n) is 11.5. The molecule has 0 bridgehead atoms. The molecule has 3 N–H and O–H groups in total. The molecule has 18 heavy (non-hydrogen) atoms. The average molecular weight is 252 g/mol. The fourth-order valence-electron chi connectivity index (χ4n) is 1.96. The van der Waals surface area contributed by atoms with Gasteiger partial charge in [-0.2, -0.15) is 0 Å². The third-order valence-electron chi connectivity index (χ3n) is 2.98. The van der Waals surface area contributed by atoms with Crippen LogP contribution in [0.2, 0.25) is 0 Å². The van der Waals surface area contributed by atoms with E-state index in [-0.39, 0.29) is 17.5 Å². The van der Waals surface area contributed by atoms with Crippen molar-refractivity contribution in [2.75, 3.05) is 27.2 Å². The van der Waals surface area contributed by atoms with Crippen molar-refractivity contribution in [1.29, 1.82) is 0 Å². The lowest BCUT2D eigenvalue weighted by Gasteiger charge is -2.17. The van der Waals surface area contributed by atoms with Crippen molar-refractivity contribution in [3.05, 3.63) is 23.8 Å². The van der Waals surface area contributed by atoms with Crippen molar-refractivity contribution in [2.45, 2.75) is 25.8 Å². The first-order valence-corrected chi connectivity index (χ1v) is 6.41. The predicted molar refractivity (Wildman–Crippen MR) is 74.0 cm³/mol. The summed E-state index contributed by atoms with van der Waals surface area (Å²) in [7, 11) is 4.13. The molecule has 4 heteroatoms. The molecule has 1 unspecified atom stereocenters. The first-order chi connectivity index (χ1) is 8.52. The quantitative estimate of drug-likeness (QED) is 0.650. The second-order valence-corrected chi connectivity index (χ2v) is 4.90. The van der Waals surface area contributed by atoms with Crippen LogP contribution in [-0.4, -0.2) is 42.3 Å². The summed E-state index contributed by atoms with van der Waals surface area (Å²) in [4.78, 5) is 2.16. The highest BCUT2D eigenvalue weighted by Crippen LogP contribution is 2.31. The van der Waals surface area contributed by atoms with E-state index in [1.54, 1.807) is 18.2 Å². The first kappa shape index (κ1) is 14.8. The van der Waals surface area contributed by atoms with Crippen molar-refractivity contribution in [2.24, 2.45) is 0 Å². The lowest BCUT2D eigenvalue weighted by molar-refractivity contribution is 0.385. The van der Waals surface area contributed by atoms with E-state index in [4.69, 9.17) is 0 Å². The van der Waals surface area contributed by atoms with Crippen LogP contribution in [0.5, 0.6) is 11.5 Å². The maximum absolute atomic E-state index is 9.73. The smallest absolute Gasteiger partial charge is 0.124 e. The molecule has 1 aromatic rings. The lowest BCUT2D eigenvalue weighted by Crippen LogP contribution is -2.21. The molecule has 0 aliphatic heterocycles. The van der Waals surface area contributed by atoms with Crippen molar-refractivity contribution in [1.82, 2.24) is 10.2 Å². The molecule has 4 nitrogen and oxygen atoms in total. The van der Waals surface area contributed by atoms with Gasteiger partial charge in [0.2, 0.25) is 0 Å². The highest BCUT2D eigenvalue weighted by molar-refractivity contribution is 5.44. The topological polar surface area (TPSA) is 55.7 Å². The first-order valence-electron chi connectivity index (χ1n) is 6.41. The third kappa shape index (κ3) is 4.55. The molecular weight excluding hydrogens is 228 g/mol. The molecule has 0 heterocycles. The fraction of sp³-hybridized carbons (Fsp3) is 0.571. The summed E-state index contributed by atoms with van der Waals surface area (Å²) in [5, 5.41) is 22.8. The minimum atomic E-state index is -0.0504. The van der Waals surface area contributed by atoms with Gasteiger partial charge in [-0.1, -0.05) is 6.07 Å². The number of phenolic OH excluding ortho intramolecular Hbond substituents is 2. The van der Waals surface area contributed by atoms with Crippen LogP contribution in [0.15, 0.2) is 18.2 Å². The summed E-state index contributed by atoms with van der Waals surface area (Å²) >= 11 is 0. The highest BCUT2D eigenvalue weighted by Gasteiger charge is 2.13. The Hall–Kier alpha value is -1.26. The van der Waals surface area contributed by atoms with Gasteiger partial charge in [0.05, 0.1) is 5.56 Å². The number of hydrogen-bond donors (Lipinski definition) is 3. The molecule has 0 aliphatic carbocycles. The van der Waals surface area contributed by atoms with E-state index in [2.05, 4.69) is 24.3 Å². The van der Waals surface area contributed by atoms with Crippen LogP contribution in [-0.2, 0) is 0 Å². The van der Waals surface area contributed by atoms with Crippen molar-refractivity contribution < 1.29 is 10.2 Å². The van der Waals surface area contributed by atoms with E-state index >= 15 is 0 Å². The highest BCUT2D eigenvalue weighted by atomic mass is 16.3.